The van der Waals surface area contributed by atoms with Crippen molar-refractivity contribution in [2.24, 2.45) is 5.92 Å². The molecule has 0 atom stereocenters. The standard InChI is InChI=1S/C15H24N4O/c1-2-3-4-7-18-15(20)13-5-10-19(11-6-13)14-12-16-8-9-17-14/h8-9,12-13H,2-7,10-11H2,1H3,(H,18,20). The van der Waals surface area contributed by atoms with E-state index in [-0.39, 0.29) is 11.8 Å². The van der Waals surface area contributed by atoms with Gasteiger partial charge < -0.3 is 10.2 Å². The molecule has 0 aliphatic carbocycles. The molecule has 0 bridgehead atoms. The van der Waals surface area contributed by atoms with E-state index in [9.17, 15) is 4.79 Å². The third kappa shape index (κ3) is 4.18. The highest BCUT2D eigenvalue weighted by Gasteiger charge is 2.25. The average Bonchev–Trinajstić information content (AvgIpc) is 2.52. The van der Waals surface area contributed by atoms with E-state index in [1.54, 1.807) is 18.6 Å². The van der Waals surface area contributed by atoms with E-state index in [1.807, 2.05) is 0 Å². The lowest BCUT2D eigenvalue weighted by Gasteiger charge is -2.31. The quantitative estimate of drug-likeness (QED) is 0.807. The van der Waals surface area contributed by atoms with Crippen LogP contribution < -0.4 is 10.2 Å². The fraction of sp³-hybridized carbons (Fsp3) is 0.667. The van der Waals surface area contributed by atoms with Crippen LogP contribution in [0.4, 0.5) is 5.82 Å². The number of carbonyl (C=O) groups is 1. The molecule has 20 heavy (non-hydrogen) atoms. The Kier molecular flexibility index (Phi) is 5.77. The molecule has 1 aliphatic heterocycles. The number of hydrogen-bond donors (Lipinski definition) is 1. The predicted octanol–water partition coefficient (Wildman–Crippen LogP) is 2.00. The van der Waals surface area contributed by atoms with E-state index in [2.05, 4.69) is 27.1 Å². The largest absolute Gasteiger partial charge is 0.356 e. The molecule has 1 N–H and O–H groups in total. The van der Waals surface area contributed by atoms with Gasteiger partial charge in [-0.25, -0.2) is 4.98 Å². The third-order valence-corrected chi connectivity index (χ3v) is 3.82. The van der Waals surface area contributed by atoms with Crippen molar-refractivity contribution in [3.8, 4) is 0 Å². The summed E-state index contributed by atoms with van der Waals surface area (Å²) in [4.78, 5) is 22.6. The first-order valence-electron chi connectivity index (χ1n) is 7.60. The summed E-state index contributed by atoms with van der Waals surface area (Å²) in [5.41, 5.74) is 0. The van der Waals surface area contributed by atoms with Crippen molar-refractivity contribution in [1.82, 2.24) is 15.3 Å². The summed E-state index contributed by atoms with van der Waals surface area (Å²) >= 11 is 0. The van der Waals surface area contributed by atoms with Gasteiger partial charge in [0.2, 0.25) is 5.91 Å². The molecule has 1 saturated heterocycles. The van der Waals surface area contributed by atoms with E-state index >= 15 is 0 Å². The lowest BCUT2D eigenvalue weighted by atomic mass is 9.96. The van der Waals surface area contributed by atoms with Gasteiger partial charge in [0, 0.05) is 37.9 Å². The summed E-state index contributed by atoms with van der Waals surface area (Å²) in [6.45, 7) is 4.75. The Morgan fingerprint density at radius 2 is 2.15 bits per heavy atom. The summed E-state index contributed by atoms with van der Waals surface area (Å²) in [6.07, 6.45) is 10.4. The van der Waals surface area contributed by atoms with E-state index in [0.717, 1.165) is 44.7 Å². The molecule has 1 amide bonds. The normalized spacial score (nSPS) is 16.1. The van der Waals surface area contributed by atoms with Gasteiger partial charge in [0.1, 0.15) is 5.82 Å². The Morgan fingerprint density at radius 1 is 1.35 bits per heavy atom. The molecule has 0 unspecified atom stereocenters. The molecule has 1 aliphatic rings. The van der Waals surface area contributed by atoms with Gasteiger partial charge in [-0.3, -0.25) is 9.78 Å². The zero-order valence-electron chi connectivity index (χ0n) is 12.2. The minimum absolute atomic E-state index is 0.157. The number of rotatable bonds is 6. The molecule has 110 valence electrons. The molecular formula is C15H24N4O. The van der Waals surface area contributed by atoms with Crippen molar-refractivity contribution in [3.05, 3.63) is 18.6 Å². The number of hydrogen-bond acceptors (Lipinski definition) is 4. The zero-order chi connectivity index (χ0) is 14.2. The van der Waals surface area contributed by atoms with E-state index in [1.165, 1.54) is 12.8 Å². The highest BCUT2D eigenvalue weighted by molar-refractivity contribution is 5.78. The van der Waals surface area contributed by atoms with Crippen LogP contribution in [0.1, 0.15) is 39.0 Å². The van der Waals surface area contributed by atoms with Crippen LogP contribution in [-0.2, 0) is 4.79 Å². The number of amides is 1. The molecule has 0 spiro atoms. The number of aromatic nitrogens is 2. The van der Waals surface area contributed by atoms with Crippen LogP contribution in [-0.4, -0.2) is 35.5 Å². The number of nitrogens with one attached hydrogen (secondary N) is 1. The maximum atomic E-state index is 12.0. The van der Waals surface area contributed by atoms with Crippen LogP contribution in [0.25, 0.3) is 0 Å². The van der Waals surface area contributed by atoms with Gasteiger partial charge in [-0.15, -0.1) is 0 Å². The van der Waals surface area contributed by atoms with Gasteiger partial charge >= 0.3 is 0 Å². The van der Waals surface area contributed by atoms with Crippen LogP contribution >= 0.6 is 0 Å². The SMILES string of the molecule is CCCCCNC(=O)C1CCN(c2cnccn2)CC1. The van der Waals surface area contributed by atoms with Crippen molar-refractivity contribution in [2.45, 2.75) is 39.0 Å². The highest BCUT2D eigenvalue weighted by atomic mass is 16.1. The van der Waals surface area contributed by atoms with E-state index < -0.39 is 0 Å². The molecule has 2 heterocycles. The molecule has 0 radical (unpaired) electrons. The monoisotopic (exact) mass is 276 g/mol. The van der Waals surface area contributed by atoms with Crippen LogP contribution in [0.5, 0.6) is 0 Å². The smallest absolute Gasteiger partial charge is 0.223 e. The van der Waals surface area contributed by atoms with Gasteiger partial charge in [-0.2, -0.15) is 0 Å². The highest BCUT2D eigenvalue weighted by Crippen LogP contribution is 2.21. The first-order valence-corrected chi connectivity index (χ1v) is 7.60. The number of nitrogens with zero attached hydrogens (tertiary/aromatic N) is 3. The van der Waals surface area contributed by atoms with Crippen molar-refractivity contribution in [1.29, 1.82) is 0 Å². The molecular weight excluding hydrogens is 252 g/mol. The summed E-state index contributed by atoms with van der Waals surface area (Å²) in [5, 5.41) is 3.06. The summed E-state index contributed by atoms with van der Waals surface area (Å²) in [6, 6.07) is 0. The van der Waals surface area contributed by atoms with Gasteiger partial charge in [0.15, 0.2) is 0 Å². The summed E-state index contributed by atoms with van der Waals surface area (Å²) in [7, 11) is 0. The maximum absolute atomic E-state index is 12.0. The number of carbonyl (C=O) groups excluding carboxylic acids is 1. The van der Waals surface area contributed by atoms with Crippen LogP contribution in [0.2, 0.25) is 0 Å². The Labute approximate surface area is 120 Å². The summed E-state index contributed by atoms with van der Waals surface area (Å²) < 4.78 is 0. The first-order chi connectivity index (χ1) is 9.81. The Balaban J connectivity index is 1.72. The molecule has 0 saturated carbocycles. The molecule has 1 aromatic rings. The van der Waals surface area contributed by atoms with Gasteiger partial charge in [-0.05, 0) is 19.3 Å². The minimum Gasteiger partial charge on any atom is -0.356 e. The fourth-order valence-electron chi connectivity index (χ4n) is 2.56. The molecule has 5 nitrogen and oxygen atoms in total. The average molecular weight is 276 g/mol. The number of piperidine rings is 1. The number of anilines is 1. The molecule has 1 aromatic heterocycles. The zero-order valence-corrected chi connectivity index (χ0v) is 12.2. The van der Waals surface area contributed by atoms with Crippen molar-refractivity contribution < 1.29 is 4.79 Å². The second-order valence-corrected chi connectivity index (χ2v) is 5.32. The van der Waals surface area contributed by atoms with Gasteiger partial charge in [0.05, 0.1) is 6.20 Å². The molecule has 5 heteroatoms. The molecule has 0 aromatic carbocycles. The summed E-state index contributed by atoms with van der Waals surface area (Å²) in [5.74, 6) is 1.29. The van der Waals surface area contributed by atoms with Crippen molar-refractivity contribution in [2.75, 3.05) is 24.5 Å². The maximum Gasteiger partial charge on any atom is 0.223 e. The van der Waals surface area contributed by atoms with Crippen molar-refractivity contribution in [3.63, 3.8) is 0 Å². The van der Waals surface area contributed by atoms with Gasteiger partial charge in [0.25, 0.3) is 0 Å². The first kappa shape index (κ1) is 14.8. The van der Waals surface area contributed by atoms with Crippen LogP contribution in [0.15, 0.2) is 18.6 Å². The topological polar surface area (TPSA) is 58.1 Å². The van der Waals surface area contributed by atoms with E-state index in [0.29, 0.717) is 0 Å². The molecule has 1 fully saturated rings. The minimum atomic E-state index is 0.157. The Bertz CT molecular complexity index is 402. The second kappa shape index (κ2) is 7.82. The number of unbranched alkanes of at least 4 members (excludes halogenated alkanes) is 2. The van der Waals surface area contributed by atoms with Gasteiger partial charge in [-0.1, -0.05) is 19.8 Å². The van der Waals surface area contributed by atoms with E-state index in [4.69, 9.17) is 0 Å². The third-order valence-electron chi connectivity index (χ3n) is 3.82. The van der Waals surface area contributed by atoms with Crippen LogP contribution in [0, 0.1) is 5.92 Å². The van der Waals surface area contributed by atoms with Crippen LogP contribution in [0.3, 0.4) is 0 Å². The Morgan fingerprint density at radius 3 is 2.80 bits per heavy atom. The van der Waals surface area contributed by atoms with Crippen molar-refractivity contribution >= 4 is 11.7 Å². The second-order valence-electron chi connectivity index (χ2n) is 5.32. The molecule has 2 rings (SSSR count). The lowest BCUT2D eigenvalue weighted by Crippen LogP contribution is -2.41. The predicted molar refractivity (Wildman–Crippen MR) is 79.5 cm³/mol. The fourth-order valence-corrected chi connectivity index (χ4v) is 2.56. The Hall–Kier alpha value is -1.65. The lowest BCUT2D eigenvalue weighted by molar-refractivity contribution is -0.125.